The van der Waals surface area contributed by atoms with Crippen molar-refractivity contribution in [3.8, 4) is 10.9 Å². The molecule has 2 rings (SSSR count). The molecule has 0 aliphatic carbocycles. The molecule has 106 valence electrons. The smallest absolute Gasteiger partial charge is 0.274 e. The van der Waals surface area contributed by atoms with Crippen LogP contribution in [0.15, 0.2) is 12.1 Å². The number of ketones is 1. The van der Waals surface area contributed by atoms with Crippen LogP contribution in [-0.4, -0.2) is 30.9 Å². The van der Waals surface area contributed by atoms with E-state index in [1.54, 1.807) is 19.2 Å². The number of Topliss-reactive ketones (excluding diaryl/α,β-unsaturated/α-hetero) is 1. The Kier molecular flexibility index (Phi) is 4.19. The van der Waals surface area contributed by atoms with Gasteiger partial charge in [0.1, 0.15) is 11.5 Å². The lowest BCUT2D eigenvalue weighted by Crippen LogP contribution is -2.15. The molecule has 0 aliphatic rings. The molecule has 0 radical (unpaired) electrons. The van der Waals surface area contributed by atoms with Gasteiger partial charge in [-0.3, -0.25) is 9.59 Å². The minimum absolute atomic E-state index is 0.160. The van der Waals surface area contributed by atoms with Crippen LogP contribution in [0.25, 0.3) is 10.2 Å². The van der Waals surface area contributed by atoms with Gasteiger partial charge in [-0.15, -0.1) is 0 Å². The number of fused-ring (bicyclic) bond motifs is 1. The van der Waals surface area contributed by atoms with Crippen LogP contribution >= 0.6 is 11.3 Å². The van der Waals surface area contributed by atoms with Gasteiger partial charge in [0.05, 0.1) is 36.5 Å². The Morgan fingerprint density at radius 3 is 2.65 bits per heavy atom. The number of carbonyl (C=O) groups is 2. The molecule has 0 bridgehead atoms. The molecule has 0 saturated heterocycles. The monoisotopic (exact) mass is 294 g/mol. The Hall–Kier alpha value is -2.15. The molecular formula is C13H14N2O4S. The van der Waals surface area contributed by atoms with Crippen LogP contribution < -0.4 is 14.8 Å². The summed E-state index contributed by atoms with van der Waals surface area (Å²) in [6.07, 6.45) is -0.160. The molecule has 1 amide bonds. The quantitative estimate of drug-likeness (QED) is 0.856. The van der Waals surface area contributed by atoms with E-state index in [2.05, 4.69) is 10.3 Å². The second-order valence-corrected chi connectivity index (χ2v) is 5.12. The zero-order valence-electron chi connectivity index (χ0n) is 11.4. The fourth-order valence-corrected chi connectivity index (χ4v) is 2.51. The number of thiazole rings is 1. The maximum absolute atomic E-state index is 11.7. The molecule has 1 heterocycles. The molecule has 0 aliphatic heterocycles. The van der Waals surface area contributed by atoms with Crippen LogP contribution in [0.3, 0.4) is 0 Å². The zero-order chi connectivity index (χ0) is 14.7. The number of rotatable bonds is 5. The lowest BCUT2D eigenvalue weighted by Gasteiger charge is -2.09. The highest BCUT2D eigenvalue weighted by atomic mass is 32.1. The number of aromatic nitrogens is 1. The Balaban J connectivity index is 2.35. The van der Waals surface area contributed by atoms with E-state index < -0.39 is 0 Å². The van der Waals surface area contributed by atoms with Crippen LogP contribution in [0.1, 0.15) is 13.3 Å². The highest BCUT2D eigenvalue weighted by molar-refractivity contribution is 7.20. The lowest BCUT2D eigenvalue weighted by atomic mass is 10.2. The van der Waals surface area contributed by atoms with Crippen molar-refractivity contribution in [2.75, 3.05) is 19.5 Å². The van der Waals surface area contributed by atoms with Gasteiger partial charge in [-0.05, 0) is 13.0 Å². The summed E-state index contributed by atoms with van der Waals surface area (Å²) >= 11 is 1.36. The van der Waals surface area contributed by atoms with Gasteiger partial charge in [-0.2, -0.15) is 0 Å². The minimum Gasteiger partial charge on any atom is -0.494 e. The van der Waals surface area contributed by atoms with Gasteiger partial charge in [0.15, 0.2) is 0 Å². The number of amides is 1. The topological polar surface area (TPSA) is 77.5 Å². The molecule has 1 N–H and O–H groups in total. The molecule has 2 aromatic rings. The molecule has 20 heavy (non-hydrogen) atoms. The van der Waals surface area contributed by atoms with Crippen LogP contribution in [0.5, 0.6) is 10.9 Å². The number of carbonyl (C=O) groups excluding carboxylic acids is 2. The van der Waals surface area contributed by atoms with Crippen LogP contribution in [0.4, 0.5) is 5.69 Å². The van der Waals surface area contributed by atoms with E-state index in [4.69, 9.17) is 9.47 Å². The standard InChI is InChI=1S/C13H14N2O4S/c1-7(16)4-12(17)14-8-6-11-9(5-10(8)18-2)15-13(19-3)20-11/h5-6H,4H2,1-3H3,(H,14,17). The first-order valence-electron chi connectivity index (χ1n) is 5.85. The Bertz CT molecular complexity index is 666. The summed E-state index contributed by atoms with van der Waals surface area (Å²) in [7, 11) is 3.05. The van der Waals surface area contributed by atoms with Gasteiger partial charge >= 0.3 is 0 Å². The van der Waals surface area contributed by atoms with E-state index in [0.717, 1.165) is 10.2 Å². The maximum Gasteiger partial charge on any atom is 0.274 e. The summed E-state index contributed by atoms with van der Waals surface area (Å²) in [5.41, 5.74) is 1.24. The number of nitrogens with zero attached hydrogens (tertiary/aromatic N) is 1. The molecule has 0 saturated carbocycles. The fourth-order valence-electron chi connectivity index (χ4n) is 1.71. The van der Waals surface area contributed by atoms with E-state index >= 15 is 0 Å². The van der Waals surface area contributed by atoms with Crippen LogP contribution in [0.2, 0.25) is 0 Å². The van der Waals surface area contributed by atoms with Gasteiger partial charge in [-0.1, -0.05) is 11.3 Å². The second kappa shape index (κ2) is 5.87. The Morgan fingerprint density at radius 1 is 1.30 bits per heavy atom. The number of ether oxygens (including phenoxy) is 2. The minimum atomic E-state index is -0.369. The summed E-state index contributed by atoms with van der Waals surface area (Å²) in [6, 6.07) is 3.48. The van der Waals surface area contributed by atoms with Crippen molar-refractivity contribution in [3.05, 3.63) is 12.1 Å². The Morgan fingerprint density at radius 2 is 2.05 bits per heavy atom. The third-order valence-corrected chi connectivity index (χ3v) is 3.53. The summed E-state index contributed by atoms with van der Waals surface area (Å²) in [4.78, 5) is 26.9. The van der Waals surface area contributed by atoms with E-state index in [0.29, 0.717) is 16.6 Å². The van der Waals surface area contributed by atoms with Gasteiger partial charge in [0.25, 0.3) is 5.19 Å². The van der Waals surface area contributed by atoms with Crippen molar-refractivity contribution in [2.24, 2.45) is 0 Å². The van der Waals surface area contributed by atoms with Gasteiger partial charge in [-0.25, -0.2) is 4.98 Å². The summed E-state index contributed by atoms with van der Waals surface area (Å²) in [6.45, 7) is 1.37. The lowest BCUT2D eigenvalue weighted by molar-refractivity contribution is -0.124. The van der Waals surface area contributed by atoms with Crippen molar-refractivity contribution in [2.45, 2.75) is 13.3 Å². The van der Waals surface area contributed by atoms with E-state index in [9.17, 15) is 9.59 Å². The summed E-state index contributed by atoms with van der Waals surface area (Å²) < 4.78 is 11.2. The van der Waals surface area contributed by atoms with Crippen molar-refractivity contribution >= 4 is 38.9 Å². The van der Waals surface area contributed by atoms with Crippen molar-refractivity contribution in [1.82, 2.24) is 4.98 Å². The molecular weight excluding hydrogens is 280 g/mol. The van der Waals surface area contributed by atoms with Crippen LogP contribution in [-0.2, 0) is 9.59 Å². The van der Waals surface area contributed by atoms with E-state index in [1.807, 2.05) is 0 Å². The largest absolute Gasteiger partial charge is 0.494 e. The van der Waals surface area contributed by atoms with Gasteiger partial charge in [0, 0.05) is 6.07 Å². The van der Waals surface area contributed by atoms with Crippen molar-refractivity contribution in [3.63, 3.8) is 0 Å². The average molecular weight is 294 g/mol. The zero-order valence-corrected chi connectivity index (χ0v) is 12.2. The molecule has 1 aromatic carbocycles. The third kappa shape index (κ3) is 3.05. The molecule has 0 fully saturated rings. The normalized spacial score (nSPS) is 10.3. The molecule has 0 unspecified atom stereocenters. The van der Waals surface area contributed by atoms with Crippen LogP contribution in [0, 0.1) is 0 Å². The predicted octanol–water partition coefficient (Wildman–Crippen LogP) is 2.23. The number of nitrogens with one attached hydrogen (secondary N) is 1. The molecule has 6 nitrogen and oxygen atoms in total. The third-order valence-electron chi connectivity index (χ3n) is 2.55. The first-order chi connectivity index (χ1) is 9.53. The SMILES string of the molecule is COc1nc2cc(OC)c(NC(=O)CC(C)=O)cc2s1. The number of hydrogen-bond acceptors (Lipinski definition) is 6. The summed E-state index contributed by atoms with van der Waals surface area (Å²) in [5.74, 6) is -0.0732. The molecule has 0 spiro atoms. The summed E-state index contributed by atoms with van der Waals surface area (Å²) in [5, 5.41) is 3.20. The molecule has 7 heteroatoms. The number of hydrogen-bond donors (Lipinski definition) is 1. The van der Waals surface area contributed by atoms with E-state index in [1.165, 1.54) is 25.4 Å². The fraction of sp³-hybridized carbons (Fsp3) is 0.308. The molecule has 1 aromatic heterocycles. The van der Waals surface area contributed by atoms with Crippen molar-refractivity contribution < 1.29 is 19.1 Å². The highest BCUT2D eigenvalue weighted by Gasteiger charge is 2.13. The van der Waals surface area contributed by atoms with Gasteiger partial charge in [0.2, 0.25) is 5.91 Å². The predicted molar refractivity (Wildman–Crippen MR) is 76.7 cm³/mol. The van der Waals surface area contributed by atoms with E-state index in [-0.39, 0.29) is 18.1 Å². The van der Waals surface area contributed by atoms with Gasteiger partial charge < -0.3 is 14.8 Å². The Labute approximate surface area is 119 Å². The second-order valence-electron chi connectivity index (χ2n) is 4.13. The average Bonchev–Trinajstić information content (AvgIpc) is 2.78. The maximum atomic E-state index is 11.7. The first kappa shape index (κ1) is 14.3. The number of benzene rings is 1. The molecule has 0 atom stereocenters. The highest BCUT2D eigenvalue weighted by Crippen LogP contribution is 2.35. The first-order valence-corrected chi connectivity index (χ1v) is 6.67. The number of anilines is 1. The van der Waals surface area contributed by atoms with Crippen molar-refractivity contribution in [1.29, 1.82) is 0 Å². The number of methoxy groups -OCH3 is 2.